The van der Waals surface area contributed by atoms with Gasteiger partial charge in [0, 0.05) is 25.2 Å². The molecule has 7 nitrogen and oxygen atoms in total. The van der Waals surface area contributed by atoms with Gasteiger partial charge in [-0.05, 0) is 42.9 Å². The zero-order valence-corrected chi connectivity index (χ0v) is 16.2. The summed E-state index contributed by atoms with van der Waals surface area (Å²) in [5.74, 6) is 0.255. The molecule has 9 heteroatoms. The first-order valence-corrected chi connectivity index (χ1v) is 12.3. The minimum absolute atomic E-state index is 0.0612. The number of nitrogens with zero attached hydrogens (tertiary/aromatic N) is 1. The Morgan fingerprint density at radius 2 is 1.92 bits per heavy atom. The molecule has 2 saturated heterocycles. The number of carbonyl (C=O) groups excluding carboxylic acids is 1. The van der Waals surface area contributed by atoms with Gasteiger partial charge in [-0.1, -0.05) is 12.1 Å². The molecule has 0 saturated carbocycles. The van der Waals surface area contributed by atoms with Gasteiger partial charge in [0.2, 0.25) is 15.9 Å². The number of hydrogen-bond acceptors (Lipinski definition) is 5. The summed E-state index contributed by atoms with van der Waals surface area (Å²) in [5.41, 5.74) is 1.65. The number of hydrogen-bond donors (Lipinski definition) is 1. The second-order valence-corrected chi connectivity index (χ2v) is 11.2. The lowest BCUT2D eigenvalue weighted by Gasteiger charge is -2.16. The Labute approximate surface area is 154 Å². The molecule has 1 N–H and O–H groups in total. The van der Waals surface area contributed by atoms with Crippen molar-refractivity contribution in [3.05, 3.63) is 29.8 Å². The first-order chi connectivity index (χ1) is 12.2. The normalized spacial score (nSPS) is 22.8. The number of carbonyl (C=O) groups is 1. The van der Waals surface area contributed by atoms with Crippen molar-refractivity contribution in [2.75, 3.05) is 28.7 Å². The van der Waals surface area contributed by atoms with E-state index in [9.17, 15) is 21.6 Å². The minimum Gasteiger partial charge on any atom is -0.312 e. The molecule has 26 heavy (non-hydrogen) atoms. The van der Waals surface area contributed by atoms with Crippen LogP contribution >= 0.6 is 0 Å². The SMILES string of the molecule is O=C1CCCN1c1ccc(CNS(=O)(=O)CCC2CCS(=O)(=O)C2)cc1. The van der Waals surface area contributed by atoms with Crippen LogP contribution in [0.2, 0.25) is 0 Å². The molecule has 1 atom stereocenters. The summed E-state index contributed by atoms with van der Waals surface area (Å²) >= 11 is 0. The molecule has 0 radical (unpaired) electrons. The number of sulfonamides is 1. The molecule has 3 rings (SSSR count). The lowest BCUT2D eigenvalue weighted by molar-refractivity contribution is -0.117. The van der Waals surface area contributed by atoms with Crippen molar-refractivity contribution in [2.24, 2.45) is 5.92 Å². The van der Waals surface area contributed by atoms with Crippen LogP contribution in [0.5, 0.6) is 0 Å². The van der Waals surface area contributed by atoms with E-state index < -0.39 is 19.9 Å². The molecule has 2 heterocycles. The molecular formula is C17H24N2O5S2. The number of benzene rings is 1. The Kier molecular flexibility index (Phi) is 5.69. The van der Waals surface area contributed by atoms with Gasteiger partial charge in [-0.25, -0.2) is 21.6 Å². The van der Waals surface area contributed by atoms with Crippen LogP contribution in [-0.2, 0) is 31.2 Å². The molecule has 0 bridgehead atoms. The summed E-state index contributed by atoms with van der Waals surface area (Å²) in [7, 11) is -6.43. The molecule has 0 spiro atoms. The third-order valence-electron chi connectivity index (χ3n) is 4.94. The number of rotatable bonds is 7. The quantitative estimate of drug-likeness (QED) is 0.737. The van der Waals surface area contributed by atoms with Crippen LogP contribution in [0.15, 0.2) is 24.3 Å². The average Bonchev–Trinajstić information content (AvgIpc) is 3.17. The highest BCUT2D eigenvalue weighted by Crippen LogP contribution is 2.23. The lowest BCUT2D eigenvalue weighted by atomic mass is 10.1. The van der Waals surface area contributed by atoms with Crippen LogP contribution in [0, 0.1) is 5.92 Å². The Bertz CT molecular complexity index is 863. The number of anilines is 1. The Morgan fingerprint density at radius 1 is 1.19 bits per heavy atom. The first kappa shape index (κ1) is 19.3. The molecular weight excluding hydrogens is 376 g/mol. The van der Waals surface area contributed by atoms with Crippen molar-refractivity contribution < 1.29 is 21.6 Å². The highest BCUT2D eigenvalue weighted by molar-refractivity contribution is 7.91. The monoisotopic (exact) mass is 400 g/mol. The Morgan fingerprint density at radius 3 is 2.50 bits per heavy atom. The topological polar surface area (TPSA) is 101 Å². The largest absolute Gasteiger partial charge is 0.312 e. The van der Waals surface area contributed by atoms with Gasteiger partial charge in [-0.15, -0.1) is 0 Å². The van der Waals surface area contributed by atoms with E-state index in [0.29, 0.717) is 19.3 Å². The third-order valence-corrected chi connectivity index (χ3v) is 8.13. The fourth-order valence-corrected chi connectivity index (χ4v) is 6.49. The van der Waals surface area contributed by atoms with Gasteiger partial charge in [0.25, 0.3) is 0 Å². The van der Waals surface area contributed by atoms with Gasteiger partial charge < -0.3 is 4.90 Å². The van der Waals surface area contributed by atoms with E-state index >= 15 is 0 Å². The summed E-state index contributed by atoms with van der Waals surface area (Å²) in [4.78, 5) is 13.5. The van der Waals surface area contributed by atoms with Crippen LogP contribution in [0.1, 0.15) is 31.2 Å². The second-order valence-electron chi connectivity index (χ2n) is 7.01. The van der Waals surface area contributed by atoms with E-state index in [4.69, 9.17) is 0 Å². The summed E-state index contributed by atoms with van der Waals surface area (Å²) < 4.78 is 49.7. The third kappa shape index (κ3) is 5.05. The van der Waals surface area contributed by atoms with Crippen LogP contribution in [0.4, 0.5) is 5.69 Å². The maximum absolute atomic E-state index is 12.1. The number of amides is 1. The van der Waals surface area contributed by atoms with Crippen molar-refractivity contribution in [1.82, 2.24) is 4.72 Å². The van der Waals surface area contributed by atoms with Crippen LogP contribution < -0.4 is 9.62 Å². The van der Waals surface area contributed by atoms with Crippen molar-refractivity contribution >= 4 is 31.5 Å². The average molecular weight is 401 g/mol. The van der Waals surface area contributed by atoms with Gasteiger partial charge in [0.05, 0.1) is 17.3 Å². The standard InChI is InChI=1S/C17H24N2O5S2/c20-17-2-1-9-19(17)16-5-3-14(4-6-16)12-18-26(23,24)11-8-15-7-10-25(21,22)13-15/h3-6,15,18H,1-2,7-13H2. The van der Waals surface area contributed by atoms with Gasteiger partial charge >= 0.3 is 0 Å². The fraction of sp³-hybridized carbons (Fsp3) is 0.588. The zero-order valence-electron chi connectivity index (χ0n) is 14.6. The van der Waals surface area contributed by atoms with Crippen LogP contribution in [-0.4, -0.2) is 46.5 Å². The lowest BCUT2D eigenvalue weighted by Crippen LogP contribution is -2.27. The maximum Gasteiger partial charge on any atom is 0.227 e. The smallest absolute Gasteiger partial charge is 0.227 e. The molecule has 0 aromatic heterocycles. The fourth-order valence-electron chi connectivity index (χ4n) is 3.40. The van der Waals surface area contributed by atoms with Crippen LogP contribution in [0.25, 0.3) is 0 Å². The van der Waals surface area contributed by atoms with Gasteiger partial charge in [0.1, 0.15) is 0 Å². The zero-order chi connectivity index (χ0) is 18.8. The van der Waals surface area contributed by atoms with Crippen molar-refractivity contribution in [3.8, 4) is 0 Å². The van der Waals surface area contributed by atoms with Gasteiger partial charge in [-0.2, -0.15) is 0 Å². The molecule has 0 aliphatic carbocycles. The molecule has 1 aromatic carbocycles. The molecule has 2 aliphatic rings. The Hall–Kier alpha value is -1.45. The Balaban J connectivity index is 1.49. The summed E-state index contributed by atoms with van der Waals surface area (Å²) in [6.45, 7) is 0.904. The molecule has 144 valence electrons. The van der Waals surface area contributed by atoms with E-state index in [1.165, 1.54) is 0 Å². The molecule has 1 unspecified atom stereocenters. The summed E-state index contributed by atoms with van der Waals surface area (Å²) in [5, 5.41) is 0. The van der Waals surface area contributed by atoms with Crippen molar-refractivity contribution in [2.45, 2.75) is 32.2 Å². The predicted octanol–water partition coefficient (Wildman–Crippen LogP) is 1.06. The van der Waals surface area contributed by atoms with E-state index in [1.807, 2.05) is 24.3 Å². The molecule has 2 fully saturated rings. The van der Waals surface area contributed by atoms with E-state index in [0.717, 1.165) is 24.2 Å². The number of sulfone groups is 1. The first-order valence-electron chi connectivity index (χ1n) is 8.81. The van der Waals surface area contributed by atoms with Crippen LogP contribution in [0.3, 0.4) is 0 Å². The summed E-state index contributed by atoms with van der Waals surface area (Å²) in [6.07, 6.45) is 2.35. The van der Waals surface area contributed by atoms with Crippen molar-refractivity contribution in [1.29, 1.82) is 0 Å². The van der Waals surface area contributed by atoms with E-state index in [1.54, 1.807) is 4.90 Å². The highest BCUT2D eigenvalue weighted by atomic mass is 32.2. The van der Waals surface area contributed by atoms with Crippen molar-refractivity contribution in [3.63, 3.8) is 0 Å². The molecule has 2 aliphatic heterocycles. The predicted molar refractivity (Wildman–Crippen MR) is 100 cm³/mol. The summed E-state index contributed by atoms with van der Waals surface area (Å²) in [6, 6.07) is 7.28. The molecule has 1 aromatic rings. The molecule has 1 amide bonds. The van der Waals surface area contributed by atoms with E-state index in [-0.39, 0.29) is 35.6 Å². The van der Waals surface area contributed by atoms with Gasteiger partial charge in [-0.3, -0.25) is 4.79 Å². The number of nitrogens with one attached hydrogen (secondary N) is 1. The second kappa shape index (κ2) is 7.66. The minimum atomic E-state index is -3.45. The maximum atomic E-state index is 12.1. The highest BCUT2D eigenvalue weighted by Gasteiger charge is 2.28. The van der Waals surface area contributed by atoms with Gasteiger partial charge in [0.15, 0.2) is 9.84 Å². The van der Waals surface area contributed by atoms with E-state index in [2.05, 4.69) is 4.72 Å².